The molecule has 21 heavy (non-hydrogen) atoms. The molecule has 1 aromatic heterocycles. The molecule has 0 unspecified atom stereocenters. The van der Waals surface area contributed by atoms with E-state index in [4.69, 9.17) is 12.2 Å². The molecule has 5 heteroatoms. The van der Waals surface area contributed by atoms with Gasteiger partial charge in [-0.1, -0.05) is 25.1 Å². The second-order valence-corrected chi connectivity index (χ2v) is 4.94. The Morgan fingerprint density at radius 2 is 1.95 bits per heavy atom. The third kappa shape index (κ3) is 4.65. The van der Waals surface area contributed by atoms with Crippen molar-refractivity contribution in [2.45, 2.75) is 20.3 Å². The molecule has 0 aliphatic carbocycles. The lowest BCUT2D eigenvalue weighted by Gasteiger charge is -2.08. The Bertz CT molecular complexity index is 620. The van der Waals surface area contributed by atoms with Crippen LogP contribution in [0.5, 0.6) is 0 Å². The number of hydrogen-bond donors (Lipinski definition) is 2. The summed E-state index contributed by atoms with van der Waals surface area (Å²) in [4.78, 5) is 4.23. The zero-order chi connectivity index (χ0) is 15.1. The van der Waals surface area contributed by atoms with Crippen molar-refractivity contribution in [3.05, 3.63) is 59.9 Å². The lowest BCUT2D eigenvalue weighted by molar-refractivity contribution is 1.03. The molecule has 0 radical (unpaired) electrons. The van der Waals surface area contributed by atoms with Crippen LogP contribution in [0, 0.1) is 0 Å². The molecule has 0 amide bonds. The van der Waals surface area contributed by atoms with E-state index in [0.717, 1.165) is 23.5 Å². The molecule has 0 atom stereocenters. The summed E-state index contributed by atoms with van der Waals surface area (Å²) in [6.07, 6.45) is 2.76. The van der Waals surface area contributed by atoms with Crippen LogP contribution in [-0.4, -0.2) is 15.8 Å². The third-order valence-corrected chi connectivity index (χ3v) is 3.17. The first kappa shape index (κ1) is 15.1. The predicted molar refractivity (Wildman–Crippen MR) is 91.6 cm³/mol. The molecule has 0 saturated heterocycles. The topological polar surface area (TPSA) is 49.3 Å². The van der Waals surface area contributed by atoms with Gasteiger partial charge in [0.25, 0.3) is 0 Å². The molecular weight excluding hydrogens is 280 g/mol. The van der Waals surface area contributed by atoms with Gasteiger partial charge in [0.15, 0.2) is 5.11 Å². The Balaban J connectivity index is 1.92. The molecule has 4 nitrogen and oxygen atoms in total. The first-order chi connectivity index (χ1) is 10.2. The van der Waals surface area contributed by atoms with Crippen LogP contribution in [0.25, 0.3) is 0 Å². The summed E-state index contributed by atoms with van der Waals surface area (Å²) >= 11 is 5.22. The van der Waals surface area contributed by atoms with Gasteiger partial charge in [0.2, 0.25) is 0 Å². The third-order valence-electron chi connectivity index (χ3n) is 2.98. The molecule has 108 valence electrons. The maximum Gasteiger partial charge on any atom is 0.191 e. The van der Waals surface area contributed by atoms with Crippen molar-refractivity contribution in [2.75, 3.05) is 5.32 Å². The van der Waals surface area contributed by atoms with Gasteiger partial charge < -0.3 is 5.32 Å². The van der Waals surface area contributed by atoms with E-state index in [1.165, 1.54) is 5.56 Å². The van der Waals surface area contributed by atoms with Gasteiger partial charge >= 0.3 is 0 Å². The zero-order valence-electron chi connectivity index (χ0n) is 12.1. The van der Waals surface area contributed by atoms with E-state index < -0.39 is 0 Å². The predicted octanol–water partition coefficient (Wildman–Crippen LogP) is 3.35. The van der Waals surface area contributed by atoms with E-state index in [9.17, 15) is 0 Å². The summed E-state index contributed by atoms with van der Waals surface area (Å²) in [5.41, 5.74) is 6.66. The minimum Gasteiger partial charge on any atom is -0.331 e. The van der Waals surface area contributed by atoms with Crippen molar-refractivity contribution in [3.63, 3.8) is 0 Å². The van der Waals surface area contributed by atoms with Gasteiger partial charge in [0.1, 0.15) is 0 Å². The van der Waals surface area contributed by atoms with Crippen LogP contribution in [0.15, 0.2) is 53.8 Å². The van der Waals surface area contributed by atoms with Gasteiger partial charge in [0.05, 0.1) is 11.4 Å². The quantitative estimate of drug-likeness (QED) is 0.516. The number of nitrogens with one attached hydrogen (secondary N) is 2. The SMILES string of the molecule is CCc1ccc(NC(=S)N/N=C(/C)c2ccccn2)cc1. The smallest absolute Gasteiger partial charge is 0.191 e. The number of nitrogens with zero attached hydrogens (tertiary/aromatic N) is 2. The molecule has 1 aromatic carbocycles. The number of pyridine rings is 1. The fraction of sp³-hybridized carbons (Fsp3) is 0.188. The molecular formula is C16H18N4S. The van der Waals surface area contributed by atoms with Crippen LogP contribution in [-0.2, 0) is 6.42 Å². The summed E-state index contributed by atoms with van der Waals surface area (Å²) < 4.78 is 0. The van der Waals surface area contributed by atoms with Gasteiger partial charge in [-0.15, -0.1) is 0 Å². The van der Waals surface area contributed by atoms with Crippen LogP contribution >= 0.6 is 12.2 Å². The molecule has 0 fully saturated rings. The standard InChI is InChI=1S/C16H18N4S/c1-3-13-7-9-14(10-8-13)18-16(21)20-19-12(2)15-6-4-5-11-17-15/h4-11H,3H2,1-2H3,(H2,18,20,21)/b19-12-. The molecule has 1 heterocycles. The number of aryl methyl sites for hydroxylation is 1. The van der Waals surface area contributed by atoms with Gasteiger partial charge in [-0.3, -0.25) is 10.4 Å². The van der Waals surface area contributed by atoms with Crippen LogP contribution in [0.4, 0.5) is 5.69 Å². The number of benzene rings is 1. The molecule has 0 aliphatic rings. The van der Waals surface area contributed by atoms with Crippen molar-refractivity contribution in [3.8, 4) is 0 Å². The molecule has 0 bridgehead atoms. The Kier molecular flexibility index (Phi) is 5.40. The lowest BCUT2D eigenvalue weighted by Crippen LogP contribution is -2.25. The normalized spacial score (nSPS) is 11.0. The average molecular weight is 298 g/mol. The highest BCUT2D eigenvalue weighted by Crippen LogP contribution is 2.09. The van der Waals surface area contributed by atoms with E-state index in [0.29, 0.717) is 5.11 Å². The summed E-state index contributed by atoms with van der Waals surface area (Å²) in [7, 11) is 0. The van der Waals surface area contributed by atoms with Crippen molar-refractivity contribution in [1.82, 2.24) is 10.4 Å². The van der Waals surface area contributed by atoms with Crippen LogP contribution in [0.1, 0.15) is 25.1 Å². The first-order valence-corrected chi connectivity index (χ1v) is 7.21. The maximum absolute atomic E-state index is 5.22. The van der Waals surface area contributed by atoms with Gasteiger partial charge in [-0.2, -0.15) is 5.10 Å². The summed E-state index contributed by atoms with van der Waals surface area (Å²) in [6, 6.07) is 13.9. The van der Waals surface area contributed by atoms with Crippen molar-refractivity contribution in [2.24, 2.45) is 5.10 Å². The largest absolute Gasteiger partial charge is 0.331 e. The van der Waals surface area contributed by atoms with Crippen LogP contribution in [0.2, 0.25) is 0 Å². The number of hydrogen-bond acceptors (Lipinski definition) is 3. The number of thiocarbonyl (C=S) groups is 1. The molecule has 0 saturated carbocycles. The van der Waals surface area contributed by atoms with Crippen LogP contribution in [0.3, 0.4) is 0 Å². The van der Waals surface area contributed by atoms with E-state index >= 15 is 0 Å². The summed E-state index contributed by atoms with van der Waals surface area (Å²) in [5.74, 6) is 0. The number of hydrazone groups is 1. The Morgan fingerprint density at radius 3 is 2.57 bits per heavy atom. The van der Waals surface area contributed by atoms with Crippen molar-refractivity contribution < 1.29 is 0 Å². The Morgan fingerprint density at radius 1 is 1.19 bits per heavy atom. The molecule has 0 spiro atoms. The molecule has 0 aliphatic heterocycles. The number of aromatic nitrogens is 1. The van der Waals surface area contributed by atoms with Crippen molar-refractivity contribution in [1.29, 1.82) is 0 Å². The highest BCUT2D eigenvalue weighted by Gasteiger charge is 1.99. The molecule has 2 aromatic rings. The van der Waals surface area contributed by atoms with E-state index in [-0.39, 0.29) is 0 Å². The van der Waals surface area contributed by atoms with E-state index in [1.54, 1.807) is 6.20 Å². The fourth-order valence-corrected chi connectivity index (χ4v) is 1.91. The lowest BCUT2D eigenvalue weighted by atomic mass is 10.1. The Hall–Kier alpha value is -2.27. The molecule has 2 rings (SSSR count). The van der Waals surface area contributed by atoms with Gasteiger partial charge in [-0.05, 0) is 55.4 Å². The fourth-order valence-electron chi connectivity index (χ4n) is 1.75. The zero-order valence-corrected chi connectivity index (χ0v) is 12.9. The highest BCUT2D eigenvalue weighted by atomic mass is 32.1. The number of anilines is 1. The Labute approximate surface area is 130 Å². The minimum absolute atomic E-state index is 0.453. The second-order valence-electron chi connectivity index (χ2n) is 4.53. The summed E-state index contributed by atoms with van der Waals surface area (Å²) in [6.45, 7) is 4.01. The van der Waals surface area contributed by atoms with Gasteiger partial charge in [0, 0.05) is 11.9 Å². The van der Waals surface area contributed by atoms with E-state index in [1.807, 2.05) is 37.3 Å². The monoisotopic (exact) mass is 298 g/mol. The second kappa shape index (κ2) is 7.50. The molecule has 2 N–H and O–H groups in total. The van der Waals surface area contributed by atoms with Crippen LogP contribution < -0.4 is 10.7 Å². The van der Waals surface area contributed by atoms with E-state index in [2.05, 4.69) is 39.9 Å². The maximum atomic E-state index is 5.22. The highest BCUT2D eigenvalue weighted by molar-refractivity contribution is 7.80. The average Bonchev–Trinajstić information content (AvgIpc) is 2.54. The first-order valence-electron chi connectivity index (χ1n) is 6.80. The van der Waals surface area contributed by atoms with Gasteiger partial charge in [-0.25, -0.2) is 0 Å². The summed E-state index contributed by atoms with van der Waals surface area (Å²) in [5, 5.41) is 7.77. The number of rotatable bonds is 4. The van der Waals surface area contributed by atoms with Crippen molar-refractivity contribution >= 4 is 28.7 Å². The minimum atomic E-state index is 0.453.